The zero-order chi connectivity index (χ0) is 30.7. The van der Waals surface area contributed by atoms with E-state index >= 15 is 0 Å². The predicted octanol–water partition coefficient (Wildman–Crippen LogP) is 3.23. The van der Waals surface area contributed by atoms with Crippen molar-refractivity contribution in [2.75, 3.05) is 26.4 Å². The first-order chi connectivity index (χ1) is 18.7. The fraction of sp³-hybridized carbons (Fsp3) is 0.643. The van der Waals surface area contributed by atoms with Gasteiger partial charge in [-0.2, -0.15) is 0 Å². The van der Waals surface area contributed by atoms with Gasteiger partial charge in [-0.05, 0) is 66.5 Å². The molecule has 0 bridgehead atoms. The lowest BCUT2D eigenvalue weighted by atomic mass is 9.95. The Hall–Kier alpha value is -2.60. The van der Waals surface area contributed by atoms with Gasteiger partial charge in [0.1, 0.15) is 0 Å². The molecule has 0 aliphatic carbocycles. The highest BCUT2D eigenvalue weighted by atomic mass is 32.2. The maximum Gasteiger partial charge on any atom is 0.321 e. The van der Waals surface area contributed by atoms with Gasteiger partial charge in [0.2, 0.25) is 0 Å². The van der Waals surface area contributed by atoms with Crippen molar-refractivity contribution in [3.63, 3.8) is 0 Å². The Balaban J connectivity index is 3.21. The van der Waals surface area contributed by atoms with Gasteiger partial charge in [0.15, 0.2) is 11.8 Å². The summed E-state index contributed by atoms with van der Waals surface area (Å²) in [5.74, 6) is -5.97. The number of ether oxygens (including phenoxy) is 4. The van der Waals surface area contributed by atoms with Crippen LogP contribution in [-0.4, -0.2) is 68.2 Å². The quantitative estimate of drug-likeness (QED) is 0.157. The monoisotopic (exact) mass is 602 g/mol. The van der Waals surface area contributed by atoms with Gasteiger partial charge in [-0.25, -0.2) is 0 Å². The van der Waals surface area contributed by atoms with Crippen LogP contribution in [0.4, 0.5) is 0 Å². The second-order valence-corrected chi connectivity index (χ2v) is 13.9. The third kappa shape index (κ3) is 9.22. The van der Waals surface area contributed by atoms with Crippen LogP contribution < -0.4 is 0 Å². The second-order valence-electron chi connectivity index (χ2n) is 9.88. The Morgan fingerprint density at radius 2 is 0.900 bits per heavy atom. The van der Waals surface area contributed by atoms with Crippen molar-refractivity contribution in [2.45, 2.75) is 76.4 Å². The number of hydrogen-bond donors (Lipinski definition) is 0. The Bertz CT molecular complexity index is 979. The number of carbonyl (C=O) groups is 4. The lowest BCUT2D eigenvalue weighted by molar-refractivity contribution is -0.164. The molecular weight excluding hydrogens is 560 g/mol. The summed E-state index contributed by atoms with van der Waals surface area (Å²) in [5, 5.41) is 0. The molecule has 0 aliphatic rings. The van der Waals surface area contributed by atoms with Crippen LogP contribution in [0.5, 0.6) is 0 Å². The first kappa shape index (κ1) is 35.4. The molecule has 0 heterocycles. The SMILES string of the molecule is CCOC(=O)C(C(=O)OCC)C(C)(C)S(=O)Cc1cccc(CS(=O)C(C)(C)C(C(=O)OCC)C(=O)OCC)c1. The summed E-state index contributed by atoms with van der Waals surface area (Å²) in [6, 6.07) is 6.89. The molecule has 226 valence electrons. The Morgan fingerprint density at radius 1 is 0.625 bits per heavy atom. The molecule has 0 N–H and O–H groups in total. The molecule has 1 rings (SSSR count). The van der Waals surface area contributed by atoms with Gasteiger partial charge in [-0.1, -0.05) is 24.3 Å². The van der Waals surface area contributed by atoms with Gasteiger partial charge in [-0.15, -0.1) is 0 Å². The van der Waals surface area contributed by atoms with E-state index in [1.807, 2.05) is 0 Å². The number of hydrogen-bond acceptors (Lipinski definition) is 10. The molecule has 2 unspecified atom stereocenters. The van der Waals surface area contributed by atoms with Crippen LogP contribution in [0.25, 0.3) is 0 Å². The van der Waals surface area contributed by atoms with E-state index in [4.69, 9.17) is 18.9 Å². The van der Waals surface area contributed by atoms with Gasteiger partial charge < -0.3 is 18.9 Å². The van der Waals surface area contributed by atoms with E-state index < -0.39 is 66.8 Å². The van der Waals surface area contributed by atoms with Crippen LogP contribution in [0.1, 0.15) is 66.5 Å². The fourth-order valence-corrected chi connectivity index (χ4v) is 6.60. The fourth-order valence-electron chi connectivity index (χ4n) is 3.98. The minimum absolute atomic E-state index is 0.000451. The summed E-state index contributed by atoms with van der Waals surface area (Å²) in [5.41, 5.74) is 1.25. The van der Waals surface area contributed by atoms with Crippen LogP contribution in [0.3, 0.4) is 0 Å². The van der Waals surface area contributed by atoms with Crippen molar-refractivity contribution in [1.29, 1.82) is 0 Å². The number of esters is 4. The lowest BCUT2D eigenvalue weighted by Crippen LogP contribution is -2.47. The predicted molar refractivity (Wildman–Crippen MR) is 152 cm³/mol. The molecule has 0 amide bonds. The molecule has 0 spiro atoms. The zero-order valence-electron chi connectivity index (χ0n) is 24.6. The molecular formula is C28H42O10S2. The van der Waals surface area contributed by atoms with Gasteiger partial charge in [-0.3, -0.25) is 27.6 Å². The number of carbonyl (C=O) groups excluding carboxylic acids is 4. The molecule has 12 heteroatoms. The Labute approximate surface area is 241 Å². The third-order valence-corrected chi connectivity index (χ3v) is 10.2. The maximum atomic E-state index is 13.5. The van der Waals surface area contributed by atoms with E-state index in [1.54, 1.807) is 79.7 Å². The van der Waals surface area contributed by atoms with Crippen molar-refractivity contribution in [2.24, 2.45) is 11.8 Å². The van der Waals surface area contributed by atoms with Crippen molar-refractivity contribution in [3.05, 3.63) is 35.4 Å². The molecule has 0 saturated carbocycles. The van der Waals surface area contributed by atoms with E-state index in [-0.39, 0.29) is 37.9 Å². The van der Waals surface area contributed by atoms with Crippen molar-refractivity contribution in [1.82, 2.24) is 0 Å². The van der Waals surface area contributed by atoms with Gasteiger partial charge in [0.25, 0.3) is 0 Å². The van der Waals surface area contributed by atoms with Crippen LogP contribution >= 0.6 is 0 Å². The first-order valence-electron chi connectivity index (χ1n) is 13.2. The average Bonchev–Trinajstić information content (AvgIpc) is 2.84. The van der Waals surface area contributed by atoms with Crippen molar-refractivity contribution < 1.29 is 46.5 Å². The highest BCUT2D eigenvalue weighted by molar-refractivity contribution is 7.86. The summed E-state index contributed by atoms with van der Waals surface area (Å²) in [6.07, 6.45) is 0. The average molecular weight is 603 g/mol. The molecule has 0 saturated heterocycles. The highest BCUT2D eigenvalue weighted by Gasteiger charge is 2.48. The van der Waals surface area contributed by atoms with Crippen molar-refractivity contribution >= 4 is 45.5 Å². The normalized spacial score (nSPS) is 13.4. The van der Waals surface area contributed by atoms with E-state index in [0.29, 0.717) is 11.1 Å². The van der Waals surface area contributed by atoms with Crippen LogP contribution in [-0.2, 0) is 71.2 Å². The first-order valence-corrected chi connectivity index (χ1v) is 15.8. The van der Waals surface area contributed by atoms with Crippen molar-refractivity contribution in [3.8, 4) is 0 Å². The van der Waals surface area contributed by atoms with Crippen LogP contribution in [0.15, 0.2) is 24.3 Å². The minimum atomic E-state index is -1.72. The third-order valence-electron chi connectivity index (χ3n) is 6.24. The lowest BCUT2D eigenvalue weighted by Gasteiger charge is -2.30. The molecule has 10 nitrogen and oxygen atoms in total. The van der Waals surface area contributed by atoms with Gasteiger partial charge >= 0.3 is 23.9 Å². The Kier molecular flexibility index (Phi) is 14.2. The topological polar surface area (TPSA) is 139 Å². The second kappa shape index (κ2) is 16.0. The summed E-state index contributed by atoms with van der Waals surface area (Å²) < 4.78 is 44.6. The highest BCUT2D eigenvalue weighted by Crippen LogP contribution is 2.31. The summed E-state index contributed by atoms with van der Waals surface area (Å²) >= 11 is 0. The van der Waals surface area contributed by atoms with Crippen LogP contribution in [0, 0.1) is 11.8 Å². The number of rotatable bonds is 16. The molecule has 2 atom stereocenters. The molecule has 1 aromatic rings. The Morgan fingerprint density at radius 3 is 1.15 bits per heavy atom. The van der Waals surface area contributed by atoms with E-state index in [2.05, 4.69) is 0 Å². The van der Waals surface area contributed by atoms with Gasteiger partial charge in [0, 0.05) is 33.1 Å². The zero-order valence-corrected chi connectivity index (χ0v) is 26.2. The molecule has 0 aliphatic heterocycles. The van der Waals surface area contributed by atoms with E-state index in [1.165, 1.54) is 0 Å². The molecule has 40 heavy (non-hydrogen) atoms. The van der Waals surface area contributed by atoms with Gasteiger partial charge in [0.05, 0.1) is 35.9 Å². The standard InChI is InChI=1S/C28H42O10S2/c1-9-35-23(29)21(24(30)36-10-2)27(5,6)39(33)17-19-14-13-15-20(16-19)18-40(34)28(7,8)22(25(31)37-11-3)26(32)38-12-4/h13-16,21-22H,9-12,17-18H2,1-8H3. The summed E-state index contributed by atoms with van der Waals surface area (Å²) in [6.45, 7) is 12.9. The van der Waals surface area contributed by atoms with E-state index in [9.17, 15) is 27.6 Å². The molecule has 0 aromatic heterocycles. The largest absolute Gasteiger partial charge is 0.465 e. The summed E-state index contributed by atoms with van der Waals surface area (Å²) in [4.78, 5) is 50.4. The smallest absolute Gasteiger partial charge is 0.321 e. The minimum Gasteiger partial charge on any atom is -0.465 e. The maximum absolute atomic E-state index is 13.5. The molecule has 1 aromatic carbocycles. The molecule has 0 radical (unpaired) electrons. The molecule has 0 fully saturated rings. The summed E-state index contributed by atoms with van der Waals surface area (Å²) in [7, 11) is -3.44. The van der Waals surface area contributed by atoms with E-state index in [0.717, 1.165) is 0 Å². The number of benzene rings is 1. The van der Waals surface area contributed by atoms with Crippen LogP contribution in [0.2, 0.25) is 0 Å².